The van der Waals surface area contributed by atoms with E-state index in [-0.39, 0.29) is 11.9 Å². The number of amides is 1. The molecule has 1 aliphatic heterocycles. The fraction of sp³-hybridized carbons (Fsp3) is 0.647. The highest BCUT2D eigenvalue weighted by molar-refractivity contribution is 5.84. The van der Waals surface area contributed by atoms with Crippen LogP contribution in [0.3, 0.4) is 0 Å². The van der Waals surface area contributed by atoms with Crippen LogP contribution in [0, 0.1) is 5.41 Å². The van der Waals surface area contributed by atoms with Gasteiger partial charge in [-0.05, 0) is 42.8 Å². The van der Waals surface area contributed by atoms with Crippen LogP contribution in [-0.2, 0) is 17.8 Å². The topological polar surface area (TPSA) is 128 Å². The number of pyridine rings is 1. The highest BCUT2D eigenvalue weighted by atomic mass is 16.3. The van der Waals surface area contributed by atoms with Gasteiger partial charge in [0.2, 0.25) is 5.91 Å². The number of nitrogens with zero attached hydrogens (tertiary/aromatic N) is 5. The third kappa shape index (κ3) is 3.20. The molecule has 3 N–H and O–H groups in total. The molecule has 2 heterocycles. The lowest BCUT2D eigenvalue weighted by Gasteiger charge is -2.39. The van der Waals surface area contributed by atoms with Crippen molar-refractivity contribution in [2.24, 2.45) is 16.3 Å². The van der Waals surface area contributed by atoms with Crippen LogP contribution >= 0.6 is 0 Å². The van der Waals surface area contributed by atoms with Crippen LogP contribution in [0.4, 0.5) is 5.69 Å². The molecule has 3 rings (SSSR count). The summed E-state index contributed by atoms with van der Waals surface area (Å²) < 4.78 is 0. The van der Waals surface area contributed by atoms with E-state index in [1.165, 1.54) is 0 Å². The maximum Gasteiger partial charge on any atom is 0.231 e. The summed E-state index contributed by atoms with van der Waals surface area (Å²) in [7, 11) is 0. The molecule has 1 aromatic heterocycles. The zero-order valence-corrected chi connectivity index (χ0v) is 14.4. The third-order valence-corrected chi connectivity index (χ3v) is 5.51. The summed E-state index contributed by atoms with van der Waals surface area (Å²) in [6.45, 7) is 2.89. The molecule has 1 saturated carbocycles. The number of carbonyl (C=O) groups excluding carboxylic acids is 1. The molecule has 0 bridgehead atoms. The van der Waals surface area contributed by atoms with E-state index in [0.717, 1.165) is 17.7 Å². The fourth-order valence-electron chi connectivity index (χ4n) is 4.15. The van der Waals surface area contributed by atoms with Gasteiger partial charge in [-0.25, -0.2) is 0 Å². The number of hydrogen-bond acceptors (Lipinski definition) is 5. The van der Waals surface area contributed by atoms with Crippen molar-refractivity contribution in [2.45, 2.75) is 57.7 Å². The fourth-order valence-corrected chi connectivity index (χ4v) is 4.15. The summed E-state index contributed by atoms with van der Waals surface area (Å²) in [6, 6.07) is 1.74. The Morgan fingerprint density at radius 3 is 3.12 bits per heavy atom. The molecule has 8 nitrogen and oxygen atoms in total. The van der Waals surface area contributed by atoms with Gasteiger partial charge in [0.25, 0.3) is 0 Å². The summed E-state index contributed by atoms with van der Waals surface area (Å²) in [5, 5.41) is 14.2. The van der Waals surface area contributed by atoms with Crippen LogP contribution in [0.5, 0.6) is 0 Å². The first-order valence-electron chi connectivity index (χ1n) is 8.76. The zero-order chi connectivity index (χ0) is 18.0. The molecular weight excluding hydrogens is 320 g/mol. The minimum Gasteiger partial charge on any atom is -0.392 e. The van der Waals surface area contributed by atoms with E-state index in [1.807, 2.05) is 6.92 Å². The quantitative estimate of drug-likeness (QED) is 0.492. The van der Waals surface area contributed by atoms with Crippen LogP contribution in [0.2, 0.25) is 0 Å². The van der Waals surface area contributed by atoms with Gasteiger partial charge in [0, 0.05) is 42.4 Å². The maximum absolute atomic E-state index is 13.3. The highest BCUT2D eigenvalue weighted by Crippen LogP contribution is 2.44. The molecule has 1 aromatic rings. The van der Waals surface area contributed by atoms with E-state index in [1.54, 1.807) is 17.2 Å². The van der Waals surface area contributed by atoms with Crippen molar-refractivity contribution < 1.29 is 9.90 Å². The van der Waals surface area contributed by atoms with E-state index < -0.39 is 11.5 Å². The molecule has 1 amide bonds. The Labute approximate surface area is 146 Å². The van der Waals surface area contributed by atoms with Gasteiger partial charge in [-0.15, -0.1) is 0 Å². The second-order valence-corrected chi connectivity index (χ2v) is 7.05. The van der Waals surface area contributed by atoms with Crippen LogP contribution in [0.1, 0.15) is 43.9 Å². The first-order chi connectivity index (χ1) is 12.0. The number of aromatic nitrogens is 1. The number of carbonyl (C=O) groups is 1. The third-order valence-electron chi connectivity index (χ3n) is 5.51. The zero-order valence-electron chi connectivity index (χ0n) is 14.4. The molecule has 1 fully saturated rings. The van der Waals surface area contributed by atoms with Crippen LogP contribution in [0.25, 0.3) is 10.4 Å². The van der Waals surface area contributed by atoms with Gasteiger partial charge in [-0.3, -0.25) is 9.78 Å². The molecule has 2 aliphatic rings. The first kappa shape index (κ1) is 17.7. The maximum atomic E-state index is 13.3. The van der Waals surface area contributed by atoms with Crippen molar-refractivity contribution in [2.75, 3.05) is 6.54 Å². The Balaban J connectivity index is 1.85. The Bertz CT molecular complexity index is 717. The lowest BCUT2D eigenvalue weighted by molar-refractivity contribution is -0.150. The molecule has 2 unspecified atom stereocenters. The van der Waals surface area contributed by atoms with Crippen LogP contribution < -0.4 is 5.73 Å². The van der Waals surface area contributed by atoms with Crippen molar-refractivity contribution in [3.8, 4) is 0 Å². The lowest BCUT2D eigenvalue weighted by Crippen LogP contribution is -2.51. The van der Waals surface area contributed by atoms with Gasteiger partial charge in [0.15, 0.2) is 0 Å². The second-order valence-electron chi connectivity index (χ2n) is 7.05. The summed E-state index contributed by atoms with van der Waals surface area (Å²) >= 11 is 0. The number of azide groups is 1. The van der Waals surface area contributed by atoms with E-state index >= 15 is 0 Å². The minimum atomic E-state index is -0.776. The van der Waals surface area contributed by atoms with Crippen LogP contribution in [-0.4, -0.2) is 39.6 Å². The van der Waals surface area contributed by atoms with Gasteiger partial charge in [-0.1, -0.05) is 12.0 Å². The number of fused-ring (bicyclic) bond motifs is 1. The van der Waals surface area contributed by atoms with E-state index in [4.69, 9.17) is 11.3 Å². The van der Waals surface area contributed by atoms with Crippen molar-refractivity contribution in [3.63, 3.8) is 0 Å². The average molecular weight is 344 g/mol. The molecule has 3 atom stereocenters. The summed E-state index contributed by atoms with van der Waals surface area (Å²) in [5.41, 5.74) is 16.1. The van der Waals surface area contributed by atoms with Crippen molar-refractivity contribution in [1.29, 1.82) is 0 Å². The van der Waals surface area contributed by atoms with E-state index in [0.29, 0.717) is 44.5 Å². The second kappa shape index (κ2) is 7.00. The summed E-state index contributed by atoms with van der Waals surface area (Å²) in [4.78, 5) is 22.2. The normalized spacial score (nSPS) is 26.7. The minimum absolute atomic E-state index is 0.0189. The van der Waals surface area contributed by atoms with Crippen molar-refractivity contribution >= 4 is 11.6 Å². The van der Waals surface area contributed by atoms with Gasteiger partial charge >= 0.3 is 0 Å². The first-order valence-corrected chi connectivity index (χ1v) is 8.76. The van der Waals surface area contributed by atoms with Crippen LogP contribution in [0.15, 0.2) is 17.4 Å². The lowest BCUT2D eigenvalue weighted by atomic mass is 9.77. The Kier molecular flexibility index (Phi) is 4.94. The smallest absolute Gasteiger partial charge is 0.231 e. The van der Waals surface area contributed by atoms with Crippen molar-refractivity contribution in [3.05, 3.63) is 34.0 Å². The number of hydrogen-bond donors (Lipinski definition) is 2. The number of rotatable bonds is 4. The number of aliphatic hydroxyl groups is 1. The number of aliphatic hydroxyl groups excluding tert-OH is 1. The van der Waals surface area contributed by atoms with Gasteiger partial charge in [0.05, 0.1) is 17.2 Å². The highest BCUT2D eigenvalue weighted by Gasteiger charge is 2.50. The predicted octanol–water partition coefficient (Wildman–Crippen LogP) is 2.18. The molecule has 0 aromatic carbocycles. The predicted molar refractivity (Wildman–Crippen MR) is 92.7 cm³/mol. The number of nitrogens with two attached hydrogens (primary N) is 1. The Hall–Kier alpha value is -2.15. The average Bonchev–Trinajstić information content (AvgIpc) is 3.03. The molecule has 134 valence electrons. The summed E-state index contributed by atoms with van der Waals surface area (Å²) in [5.74, 6) is -0.0189. The molecule has 25 heavy (non-hydrogen) atoms. The summed E-state index contributed by atoms with van der Waals surface area (Å²) in [6.07, 6.45) is 3.98. The molecule has 8 heteroatoms. The molecule has 0 spiro atoms. The molecular formula is C17H24N6O2. The monoisotopic (exact) mass is 344 g/mol. The SMILES string of the molecule is CCC(O)C1(C(=O)N2CCc3ncc(N=[N+]=[N-])cc3C2)CC[C@@H](N)C1. The van der Waals surface area contributed by atoms with Crippen molar-refractivity contribution in [1.82, 2.24) is 9.88 Å². The van der Waals surface area contributed by atoms with Gasteiger partial charge in [0.1, 0.15) is 0 Å². The van der Waals surface area contributed by atoms with E-state index in [9.17, 15) is 9.90 Å². The van der Waals surface area contributed by atoms with Gasteiger partial charge in [-0.2, -0.15) is 0 Å². The van der Waals surface area contributed by atoms with E-state index in [2.05, 4.69) is 15.0 Å². The molecule has 0 saturated heterocycles. The Morgan fingerprint density at radius 1 is 1.68 bits per heavy atom. The molecule has 1 aliphatic carbocycles. The standard InChI is InChI=1S/C17H24N6O2/c1-2-15(24)17(5-3-12(18)8-17)16(25)23-6-4-14-11(10-23)7-13(9-20-14)21-22-19/h7,9,12,15,24H,2-6,8,10,18H2,1H3/t12-,15?,17?/m1/s1. The Morgan fingerprint density at radius 2 is 2.48 bits per heavy atom. The largest absolute Gasteiger partial charge is 0.392 e. The van der Waals surface area contributed by atoms with Gasteiger partial charge < -0.3 is 15.7 Å². The molecule has 0 radical (unpaired) electrons.